The number of unbranched alkanes of at least 4 members (excludes halogenated alkanes) is 5. The van der Waals surface area contributed by atoms with Gasteiger partial charge in [-0.05, 0) is 70.6 Å². The molecular weight excluding hydrogens is 416 g/mol. The Morgan fingerprint density at radius 3 is 1.67 bits per heavy atom. The standard InChI is InChI=1S/C27H44N2O4/c1-5-7-9-17-25(30)19-11-13-22-29(27(32)33-24-16-15-21-28(3)4)23-14-12-20-26(31)18-10-8-6-2/h11-14,19-20,22-23H,5-10,15-18,21,24H2,1-4H3. The molecule has 0 aliphatic rings. The molecule has 0 spiro atoms. The van der Waals surface area contributed by atoms with Gasteiger partial charge in [0, 0.05) is 25.2 Å². The van der Waals surface area contributed by atoms with Gasteiger partial charge in [-0.2, -0.15) is 0 Å². The summed E-state index contributed by atoms with van der Waals surface area (Å²) in [6, 6.07) is 0. The molecule has 33 heavy (non-hydrogen) atoms. The molecule has 0 bridgehead atoms. The summed E-state index contributed by atoms with van der Waals surface area (Å²) in [6.07, 6.45) is 21.0. The highest BCUT2D eigenvalue weighted by Gasteiger charge is 2.08. The molecule has 0 aromatic carbocycles. The van der Waals surface area contributed by atoms with Gasteiger partial charge in [-0.25, -0.2) is 4.79 Å². The van der Waals surface area contributed by atoms with Crippen LogP contribution in [0.3, 0.4) is 0 Å². The fraction of sp³-hybridized carbons (Fsp3) is 0.593. The van der Waals surface area contributed by atoms with Crippen molar-refractivity contribution in [2.24, 2.45) is 0 Å². The van der Waals surface area contributed by atoms with Crippen molar-refractivity contribution in [1.82, 2.24) is 9.80 Å². The van der Waals surface area contributed by atoms with Gasteiger partial charge in [0.15, 0.2) is 11.6 Å². The second kappa shape index (κ2) is 21.4. The smallest absolute Gasteiger partial charge is 0.417 e. The van der Waals surface area contributed by atoms with Crippen molar-refractivity contribution >= 4 is 17.7 Å². The summed E-state index contributed by atoms with van der Waals surface area (Å²) >= 11 is 0. The van der Waals surface area contributed by atoms with E-state index < -0.39 is 6.09 Å². The van der Waals surface area contributed by atoms with Crippen LogP contribution in [0.5, 0.6) is 0 Å². The number of ketones is 2. The Bertz CT molecular complexity index is 621. The number of hydrogen-bond donors (Lipinski definition) is 0. The van der Waals surface area contributed by atoms with Crippen LogP contribution in [0.2, 0.25) is 0 Å². The summed E-state index contributed by atoms with van der Waals surface area (Å²) in [4.78, 5) is 39.5. The monoisotopic (exact) mass is 460 g/mol. The highest BCUT2D eigenvalue weighted by molar-refractivity contribution is 5.90. The molecule has 0 radical (unpaired) electrons. The highest BCUT2D eigenvalue weighted by atomic mass is 16.6. The lowest BCUT2D eigenvalue weighted by Gasteiger charge is -2.14. The molecule has 6 heteroatoms. The quantitative estimate of drug-likeness (QED) is 0.130. The molecule has 0 aromatic heterocycles. The minimum Gasteiger partial charge on any atom is -0.449 e. The zero-order valence-electron chi connectivity index (χ0n) is 21.1. The second-order valence-corrected chi connectivity index (χ2v) is 8.28. The van der Waals surface area contributed by atoms with Crippen LogP contribution >= 0.6 is 0 Å². The zero-order chi connectivity index (χ0) is 24.7. The number of ether oxygens (including phenoxy) is 1. The first-order chi connectivity index (χ1) is 15.9. The van der Waals surface area contributed by atoms with Gasteiger partial charge in [0.05, 0.1) is 6.61 Å². The van der Waals surface area contributed by atoms with E-state index in [2.05, 4.69) is 18.7 Å². The lowest BCUT2D eigenvalue weighted by Crippen LogP contribution is -2.22. The summed E-state index contributed by atoms with van der Waals surface area (Å²) in [5, 5.41) is 0. The average molecular weight is 461 g/mol. The Morgan fingerprint density at radius 2 is 1.21 bits per heavy atom. The van der Waals surface area contributed by atoms with E-state index in [0.717, 1.165) is 57.9 Å². The van der Waals surface area contributed by atoms with Crippen LogP contribution in [-0.4, -0.2) is 54.7 Å². The van der Waals surface area contributed by atoms with Crippen LogP contribution in [0.4, 0.5) is 4.79 Å². The predicted octanol–water partition coefficient (Wildman–Crippen LogP) is 6.21. The molecule has 0 fully saturated rings. The Morgan fingerprint density at radius 1 is 0.697 bits per heavy atom. The SMILES string of the molecule is CCCCCC(=O)C=CC=CN(C=CC=CC(=O)CCCCC)C(=O)OCCCCN(C)C. The van der Waals surface area contributed by atoms with Crippen molar-refractivity contribution in [3.05, 3.63) is 48.9 Å². The first-order valence-electron chi connectivity index (χ1n) is 12.3. The maximum Gasteiger partial charge on any atom is 0.417 e. The Hall–Kier alpha value is -2.47. The van der Waals surface area contributed by atoms with E-state index in [1.807, 2.05) is 14.1 Å². The molecule has 0 saturated heterocycles. The van der Waals surface area contributed by atoms with Gasteiger partial charge in [0.2, 0.25) is 0 Å². The summed E-state index contributed by atoms with van der Waals surface area (Å²) in [6.45, 7) is 5.48. The van der Waals surface area contributed by atoms with Gasteiger partial charge >= 0.3 is 6.09 Å². The summed E-state index contributed by atoms with van der Waals surface area (Å²) in [7, 11) is 4.01. The maximum atomic E-state index is 12.5. The number of hydrogen-bond acceptors (Lipinski definition) is 5. The van der Waals surface area contributed by atoms with E-state index in [4.69, 9.17) is 4.74 Å². The number of rotatable bonds is 19. The fourth-order valence-electron chi connectivity index (χ4n) is 2.81. The van der Waals surface area contributed by atoms with Crippen LogP contribution in [0.15, 0.2) is 48.9 Å². The van der Waals surface area contributed by atoms with E-state index in [-0.39, 0.29) is 11.6 Å². The van der Waals surface area contributed by atoms with E-state index in [1.165, 1.54) is 17.1 Å². The van der Waals surface area contributed by atoms with Gasteiger partial charge in [-0.3, -0.25) is 14.5 Å². The van der Waals surface area contributed by atoms with Gasteiger partial charge < -0.3 is 9.64 Å². The Kier molecular flexibility index (Phi) is 19.8. The number of nitrogens with zero attached hydrogens (tertiary/aromatic N) is 2. The van der Waals surface area contributed by atoms with Crippen molar-refractivity contribution in [2.45, 2.75) is 78.1 Å². The fourth-order valence-corrected chi connectivity index (χ4v) is 2.81. The van der Waals surface area contributed by atoms with Crippen LogP contribution in [-0.2, 0) is 14.3 Å². The first kappa shape index (κ1) is 30.5. The van der Waals surface area contributed by atoms with Crippen LogP contribution < -0.4 is 0 Å². The molecule has 186 valence electrons. The van der Waals surface area contributed by atoms with Crippen molar-refractivity contribution in [2.75, 3.05) is 27.2 Å². The average Bonchev–Trinajstić information content (AvgIpc) is 2.77. The van der Waals surface area contributed by atoms with Gasteiger partial charge in [0.1, 0.15) is 0 Å². The van der Waals surface area contributed by atoms with Crippen molar-refractivity contribution in [3.63, 3.8) is 0 Å². The van der Waals surface area contributed by atoms with Crippen LogP contribution in [0.1, 0.15) is 78.1 Å². The zero-order valence-corrected chi connectivity index (χ0v) is 21.1. The predicted molar refractivity (Wildman–Crippen MR) is 136 cm³/mol. The molecule has 0 saturated carbocycles. The van der Waals surface area contributed by atoms with Crippen molar-refractivity contribution in [3.8, 4) is 0 Å². The number of allylic oxidation sites excluding steroid dienone is 6. The molecule has 0 atom stereocenters. The van der Waals surface area contributed by atoms with Gasteiger partial charge in [-0.15, -0.1) is 0 Å². The molecule has 1 amide bonds. The third kappa shape index (κ3) is 19.9. The molecule has 0 aliphatic heterocycles. The van der Waals surface area contributed by atoms with Gasteiger partial charge in [0.25, 0.3) is 0 Å². The molecular formula is C27H44N2O4. The minimum absolute atomic E-state index is 0.0724. The molecule has 0 aliphatic carbocycles. The van der Waals surface area contributed by atoms with E-state index in [0.29, 0.717) is 19.4 Å². The molecule has 0 N–H and O–H groups in total. The third-order valence-electron chi connectivity index (χ3n) is 4.77. The summed E-state index contributed by atoms with van der Waals surface area (Å²) in [5.74, 6) is 0.145. The van der Waals surface area contributed by atoms with Crippen molar-refractivity contribution < 1.29 is 19.1 Å². The summed E-state index contributed by atoms with van der Waals surface area (Å²) < 4.78 is 5.36. The molecule has 0 aromatic rings. The second-order valence-electron chi connectivity index (χ2n) is 8.28. The maximum absolute atomic E-state index is 12.5. The third-order valence-corrected chi connectivity index (χ3v) is 4.77. The number of amides is 1. The highest BCUT2D eigenvalue weighted by Crippen LogP contribution is 2.04. The lowest BCUT2D eigenvalue weighted by atomic mass is 10.1. The molecule has 0 unspecified atom stereocenters. The molecule has 0 heterocycles. The van der Waals surface area contributed by atoms with E-state index in [1.54, 1.807) is 36.7 Å². The molecule has 6 nitrogen and oxygen atoms in total. The normalized spacial score (nSPS) is 12.0. The van der Waals surface area contributed by atoms with Crippen molar-refractivity contribution in [1.29, 1.82) is 0 Å². The van der Waals surface area contributed by atoms with Crippen LogP contribution in [0, 0.1) is 0 Å². The Labute approximate surface area is 201 Å². The van der Waals surface area contributed by atoms with E-state index in [9.17, 15) is 14.4 Å². The topological polar surface area (TPSA) is 66.9 Å². The summed E-state index contributed by atoms with van der Waals surface area (Å²) in [5.41, 5.74) is 0. The number of carbonyl (C=O) groups is 3. The van der Waals surface area contributed by atoms with E-state index >= 15 is 0 Å². The first-order valence-corrected chi connectivity index (χ1v) is 12.3. The largest absolute Gasteiger partial charge is 0.449 e. The Balaban J connectivity index is 4.84. The lowest BCUT2D eigenvalue weighted by molar-refractivity contribution is -0.115. The molecule has 0 rings (SSSR count). The number of carbonyl (C=O) groups excluding carboxylic acids is 3. The minimum atomic E-state index is -0.502. The van der Waals surface area contributed by atoms with Crippen LogP contribution in [0.25, 0.3) is 0 Å². The van der Waals surface area contributed by atoms with Gasteiger partial charge in [-0.1, -0.05) is 51.7 Å².